The molecule has 3 heteroatoms. The summed E-state index contributed by atoms with van der Waals surface area (Å²) >= 11 is 6.06. The van der Waals surface area contributed by atoms with Gasteiger partial charge in [0.2, 0.25) is 0 Å². The molecule has 1 heterocycles. The summed E-state index contributed by atoms with van der Waals surface area (Å²) in [5.41, 5.74) is 1.48. The van der Waals surface area contributed by atoms with Crippen molar-refractivity contribution >= 4 is 17.9 Å². The van der Waals surface area contributed by atoms with Gasteiger partial charge in [-0.2, -0.15) is 0 Å². The predicted octanol–water partition coefficient (Wildman–Crippen LogP) is 4.80. The molecule has 1 atom stereocenters. The van der Waals surface area contributed by atoms with E-state index in [9.17, 15) is 0 Å². The standard InChI is InChI=1S/C19H23ClN2/c20-18-6-4-17(5-7-18)19(10-2-1-3-11-19)14-16-8-12-22(15-21)13-9-16/h1-7,10,15-16,21H,8-9,11-14H2. The summed E-state index contributed by atoms with van der Waals surface area (Å²) in [6.45, 7) is 2.04. The third-order valence-electron chi connectivity index (χ3n) is 5.05. The third kappa shape index (κ3) is 3.27. The molecule has 0 spiro atoms. The molecule has 0 radical (unpaired) electrons. The molecular weight excluding hydrogens is 292 g/mol. The summed E-state index contributed by atoms with van der Waals surface area (Å²) in [5, 5.41) is 8.18. The van der Waals surface area contributed by atoms with Crippen molar-refractivity contribution in [3.8, 4) is 0 Å². The lowest BCUT2D eigenvalue weighted by molar-refractivity contribution is 0.232. The molecule has 1 fully saturated rings. The number of allylic oxidation sites excluding steroid dienone is 4. The Balaban J connectivity index is 1.78. The average molecular weight is 315 g/mol. The topological polar surface area (TPSA) is 27.1 Å². The van der Waals surface area contributed by atoms with Crippen LogP contribution in [0.3, 0.4) is 0 Å². The Morgan fingerprint density at radius 2 is 1.91 bits per heavy atom. The summed E-state index contributed by atoms with van der Waals surface area (Å²) in [6.07, 6.45) is 15.1. The number of nitrogens with one attached hydrogen (secondary N) is 1. The van der Waals surface area contributed by atoms with Crippen molar-refractivity contribution in [1.82, 2.24) is 4.90 Å². The van der Waals surface area contributed by atoms with Gasteiger partial charge in [-0.05, 0) is 49.3 Å². The monoisotopic (exact) mass is 314 g/mol. The second kappa shape index (κ2) is 6.70. The zero-order valence-corrected chi connectivity index (χ0v) is 13.6. The molecule has 116 valence electrons. The van der Waals surface area contributed by atoms with E-state index in [2.05, 4.69) is 41.3 Å². The number of nitrogens with zero attached hydrogens (tertiary/aromatic N) is 1. The molecule has 3 rings (SSSR count). The molecule has 1 saturated heterocycles. The zero-order chi connectivity index (χ0) is 15.4. The minimum atomic E-state index is 0.108. The van der Waals surface area contributed by atoms with Crippen LogP contribution in [-0.4, -0.2) is 24.3 Å². The van der Waals surface area contributed by atoms with Crippen LogP contribution in [-0.2, 0) is 5.41 Å². The van der Waals surface area contributed by atoms with Crippen LogP contribution in [0.1, 0.15) is 31.2 Å². The molecule has 1 unspecified atom stereocenters. The van der Waals surface area contributed by atoms with Gasteiger partial charge in [0.25, 0.3) is 0 Å². The minimum Gasteiger partial charge on any atom is -0.363 e. The molecule has 0 saturated carbocycles. The third-order valence-corrected chi connectivity index (χ3v) is 5.30. The Hall–Kier alpha value is -1.54. The molecular formula is C19H23ClN2. The van der Waals surface area contributed by atoms with E-state index in [0.29, 0.717) is 0 Å². The second-order valence-electron chi connectivity index (χ2n) is 6.47. The Labute approximate surface area is 138 Å². The van der Waals surface area contributed by atoms with Crippen LogP contribution >= 0.6 is 11.6 Å². The number of hydrogen-bond donors (Lipinski definition) is 1. The molecule has 1 aliphatic heterocycles. The fourth-order valence-electron chi connectivity index (χ4n) is 3.73. The van der Waals surface area contributed by atoms with Crippen LogP contribution in [0.4, 0.5) is 0 Å². The summed E-state index contributed by atoms with van der Waals surface area (Å²) in [5.74, 6) is 0.725. The van der Waals surface area contributed by atoms with Crippen LogP contribution < -0.4 is 0 Å². The molecule has 0 bridgehead atoms. The van der Waals surface area contributed by atoms with Crippen LogP contribution in [0.5, 0.6) is 0 Å². The van der Waals surface area contributed by atoms with Crippen molar-refractivity contribution in [1.29, 1.82) is 5.41 Å². The first kappa shape index (κ1) is 15.4. The summed E-state index contributed by atoms with van der Waals surface area (Å²) < 4.78 is 0. The molecule has 2 aliphatic rings. The van der Waals surface area contributed by atoms with Crippen molar-refractivity contribution in [3.63, 3.8) is 0 Å². The van der Waals surface area contributed by atoms with E-state index < -0.39 is 0 Å². The van der Waals surface area contributed by atoms with Gasteiger partial charge in [-0.15, -0.1) is 0 Å². The number of piperidine rings is 1. The highest BCUT2D eigenvalue weighted by molar-refractivity contribution is 6.30. The molecule has 1 N–H and O–H groups in total. The highest BCUT2D eigenvalue weighted by Crippen LogP contribution is 2.41. The Kier molecular flexibility index (Phi) is 4.68. The normalized spacial score (nSPS) is 25.4. The maximum atomic E-state index is 7.38. The van der Waals surface area contributed by atoms with Crippen molar-refractivity contribution in [2.24, 2.45) is 5.92 Å². The Morgan fingerprint density at radius 3 is 2.50 bits per heavy atom. The number of likely N-dealkylation sites (tertiary alicyclic amines) is 1. The first-order chi connectivity index (χ1) is 10.7. The molecule has 1 aromatic rings. The van der Waals surface area contributed by atoms with Gasteiger partial charge in [0, 0.05) is 23.5 Å². The maximum Gasteiger partial charge on any atom is 0.0817 e. The lowest BCUT2D eigenvalue weighted by Gasteiger charge is -2.38. The van der Waals surface area contributed by atoms with E-state index in [-0.39, 0.29) is 5.41 Å². The zero-order valence-electron chi connectivity index (χ0n) is 12.8. The molecule has 0 amide bonds. The van der Waals surface area contributed by atoms with Gasteiger partial charge in [-0.25, -0.2) is 0 Å². The van der Waals surface area contributed by atoms with E-state index in [1.807, 2.05) is 12.1 Å². The second-order valence-corrected chi connectivity index (χ2v) is 6.90. The van der Waals surface area contributed by atoms with E-state index in [0.717, 1.165) is 30.5 Å². The molecule has 1 aliphatic carbocycles. The van der Waals surface area contributed by atoms with Crippen molar-refractivity contribution in [2.45, 2.75) is 31.1 Å². The SMILES string of the molecule is N=CN1CCC(CC2(c3ccc(Cl)cc3)C=CC=CC2)CC1. The molecule has 2 nitrogen and oxygen atoms in total. The molecule has 22 heavy (non-hydrogen) atoms. The largest absolute Gasteiger partial charge is 0.363 e. The Morgan fingerprint density at radius 1 is 1.18 bits per heavy atom. The van der Waals surface area contributed by atoms with E-state index >= 15 is 0 Å². The summed E-state index contributed by atoms with van der Waals surface area (Å²) in [7, 11) is 0. The van der Waals surface area contributed by atoms with Crippen molar-refractivity contribution in [3.05, 3.63) is 59.2 Å². The van der Waals surface area contributed by atoms with Gasteiger partial charge in [-0.3, -0.25) is 5.41 Å². The fraction of sp³-hybridized carbons (Fsp3) is 0.421. The van der Waals surface area contributed by atoms with Gasteiger partial charge in [-0.1, -0.05) is 48.0 Å². The summed E-state index contributed by atoms with van der Waals surface area (Å²) in [6, 6.07) is 8.36. The lowest BCUT2D eigenvalue weighted by atomic mass is 9.68. The van der Waals surface area contributed by atoms with Gasteiger partial charge >= 0.3 is 0 Å². The highest BCUT2D eigenvalue weighted by atomic mass is 35.5. The lowest BCUT2D eigenvalue weighted by Crippen LogP contribution is -2.36. The first-order valence-electron chi connectivity index (χ1n) is 8.07. The average Bonchev–Trinajstić information content (AvgIpc) is 2.57. The van der Waals surface area contributed by atoms with Crippen LogP contribution in [0.25, 0.3) is 0 Å². The van der Waals surface area contributed by atoms with E-state index in [1.165, 1.54) is 31.2 Å². The van der Waals surface area contributed by atoms with E-state index in [4.69, 9.17) is 17.0 Å². The molecule has 0 aromatic heterocycles. The van der Waals surface area contributed by atoms with Crippen LogP contribution in [0, 0.1) is 11.3 Å². The number of rotatable bonds is 4. The summed E-state index contributed by atoms with van der Waals surface area (Å²) in [4.78, 5) is 2.11. The Bertz CT molecular complexity index is 568. The van der Waals surface area contributed by atoms with Gasteiger partial charge in [0.05, 0.1) is 6.34 Å². The fourth-order valence-corrected chi connectivity index (χ4v) is 3.86. The highest BCUT2D eigenvalue weighted by Gasteiger charge is 2.33. The minimum absolute atomic E-state index is 0.108. The first-order valence-corrected chi connectivity index (χ1v) is 8.45. The van der Waals surface area contributed by atoms with Crippen molar-refractivity contribution < 1.29 is 0 Å². The van der Waals surface area contributed by atoms with E-state index in [1.54, 1.807) is 0 Å². The van der Waals surface area contributed by atoms with Gasteiger partial charge in [0.1, 0.15) is 0 Å². The predicted molar refractivity (Wildman–Crippen MR) is 93.7 cm³/mol. The van der Waals surface area contributed by atoms with Crippen molar-refractivity contribution in [2.75, 3.05) is 13.1 Å². The van der Waals surface area contributed by atoms with Gasteiger partial charge < -0.3 is 4.90 Å². The van der Waals surface area contributed by atoms with Crippen LogP contribution in [0.2, 0.25) is 5.02 Å². The number of benzene rings is 1. The smallest absolute Gasteiger partial charge is 0.0817 e. The van der Waals surface area contributed by atoms with Gasteiger partial charge in [0.15, 0.2) is 0 Å². The number of halogens is 1. The number of hydrogen-bond acceptors (Lipinski definition) is 1. The maximum absolute atomic E-state index is 7.38. The molecule has 1 aromatic carbocycles. The quantitative estimate of drug-likeness (QED) is 0.627. The van der Waals surface area contributed by atoms with Crippen LogP contribution in [0.15, 0.2) is 48.6 Å².